The van der Waals surface area contributed by atoms with Crippen molar-refractivity contribution in [2.24, 2.45) is 0 Å². The third-order valence-corrected chi connectivity index (χ3v) is 4.89. The van der Waals surface area contributed by atoms with E-state index in [1.54, 1.807) is 0 Å². The van der Waals surface area contributed by atoms with Crippen LogP contribution in [0.4, 0.5) is 0 Å². The first kappa shape index (κ1) is 11.9. The van der Waals surface area contributed by atoms with Crippen LogP contribution in [-0.2, 0) is 0 Å². The average Bonchev–Trinajstić information content (AvgIpc) is 2.83. The maximum atomic E-state index is 4.75. The van der Waals surface area contributed by atoms with E-state index in [0.29, 0.717) is 5.92 Å². The highest BCUT2D eigenvalue weighted by molar-refractivity contribution is 7.15. The number of aromatic nitrogens is 1. The van der Waals surface area contributed by atoms with Crippen molar-refractivity contribution in [2.75, 3.05) is 13.1 Å². The molecule has 3 rings (SSSR count). The topological polar surface area (TPSA) is 24.9 Å². The van der Waals surface area contributed by atoms with Crippen molar-refractivity contribution in [3.63, 3.8) is 0 Å². The van der Waals surface area contributed by atoms with Gasteiger partial charge in [0.15, 0.2) is 0 Å². The summed E-state index contributed by atoms with van der Waals surface area (Å²) in [6.07, 6.45) is 2.58. The number of hydrogen-bond acceptors (Lipinski definition) is 3. The van der Waals surface area contributed by atoms with Gasteiger partial charge in [-0.2, -0.15) is 0 Å². The minimum atomic E-state index is 0.661. The average molecular weight is 258 g/mol. The quantitative estimate of drug-likeness (QED) is 0.890. The third kappa shape index (κ3) is 2.33. The summed E-state index contributed by atoms with van der Waals surface area (Å²) in [4.78, 5) is 6.22. The number of rotatable bonds is 2. The fourth-order valence-electron chi connectivity index (χ4n) is 2.57. The Morgan fingerprint density at radius 2 is 2.11 bits per heavy atom. The van der Waals surface area contributed by atoms with Crippen molar-refractivity contribution < 1.29 is 0 Å². The maximum absolute atomic E-state index is 4.75. The third-order valence-electron chi connectivity index (χ3n) is 3.52. The lowest BCUT2D eigenvalue weighted by Gasteiger charge is -2.21. The standard InChI is InChI=1S/C15H18N2S/c1-11-14(13-8-5-9-16-10-13)18-15(17-11)12-6-3-2-4-7-12/h2-4,6-7,13,16H,5,8-10H2,1H3. The summed E-state index contributed by atoms with van der Waals surface area (Å²) in [5, 5.41) is 4.65. The van der Waals surface area contributed by atoms with Crippen LogP contribution < -0.4 is 5.32 Å². The Hall–Kier alpha value is -1.19. The molecule has 0 saturated carbocycles. The SMILES string of the molecule is Cc1nc(-c2ccccc2)sc1C1CCCNC1. The zero-order valence-corrected chi connectivity index (χ0v) is 11.5. The first-order valence-corrected chi connectivity index (χ1v) is 7.39. The van der Waals surface area contributed by atoms with Gasteiger partial charge in [-0.1, -0.05) is 30.3 Å². The molecule has 3 heteroatoms. The molecule has 1 aliphatic rings. The second kappa shape index (κ2) is 5.21. The Bertz CT molecular complexity index is 513. The number of nitrogens with one attached hydrogen (secondary N) is 1. The number of benzene rings is 1. The van der Waals surface area contributed by atoms with Crippen LogP contribution in [0.5, 0.6) is 0 Å². The minimum Gasteiger partial charge on any atom is -0.316 e. The number of piperidine rings is 1. The smallest absolute Gasteiger partial charge is 0.123 e. The van der Waals surface area contributed by atoms with Crippen LogP contribution in [0, 0.1) is 6.92 Å². The van der Waals surface area contributed by atoms with E-state index in [-0.39, 0.29) is 0 Å². The number of thiazole rings is 1. The van der Waals surface area contributed by atoms with E-state index in [1.165, 1.54) is 35.5 Å². The van der Waals surface area contributed by atoms with Crippen molar-refractivity contribution in [3.8, 4) is 10.6 Å². The van der Waals surface area contributed by atoms with E-state index in [9.17, 15) is 0 Å². The van der Waals surface area contributed by atoms with Crippen LogP contribution in [0.25, 0.3) is 10.6 Å². The molecular formula is C15H18N2S. The normalized spacial score (nSPS) is 19.9. The van der Waals surface area contributed by atoms with E-state index < -0.39 is 0 Å². The molecule has 18 heavy (non-hydrogen) atoms. The number of aryl methyl sites for hydroxylation is 1. The molecule has 0 spiro atoms. The molecule has 1 fully saturated rings. The summed E-state index contributed by atoms with van der Waals surface area (Å²) < 4.78 is 0. The summed E-state index contributed by atoms with van der Waals surface area (Å²) in [6, 6.07) is 10.5. The van der Waals surface area contributed by atoms with E-state index in [2.05, 4.69) is 42.6 Å². The minimum absolute atomic E-state index is 0.661. The molecule has 0 radical (unpaired) electrons. The molecule has 0 amide bonds. The van der Waals surface area contributed by atoms with Gasteiger partial charge in [-0.3, -0.25) is 0 Å². The van der Waals surface area contributed by atoms with Crippen molar-refractivity contribution in [1.82, 2.24) is 10.3 Å². The predicted octanol–water partition coefficient (Wildman–Crippen LogP) is 3.59. The molecular weight excluding hydrogens is 240 g/mol. The molecule has 0 bridgehead atoms. The largest absolute Gasteiger partial charge is 0.316 e. The molecule has 2 aromatic rings. The van der Waals surface area contributed by atoms with Crippen LogP contribution in [-0.4, -0.2) is 18.1 Å². The molecule has 1 unspecified atom stereocenters. The molecule has 2 nitrogen and oxygen atoms in total. The Labute approximate surface area is 112 Å². The molecule has 2 heterocycles. The van der Waals surface area contributed by atoms with Gasteiger partial charge in [0.1, 0.15) is 5.01 Å². The van der Waals surface area contributed by atoms with Crippen LogP contribution >= 0.6 is 11.3 Å². The Morgan fingerprint density at radius 1 is 1.28 bits per heavy atom. The van der Waals surface area contributed by atoms with Gasteiger partial charge in [0.05, 0.1) is 5.69 Å². The van der Waals surface area contributed by atoms with Crippen LogP contribution in [0.3, 0.4) is 0 Å². The highest BCUT2D eigenvalue weighted by Gasteiger charge is 2.20. The lowest BCUT2D eigenvalue weighted by atomic mass is 9.97. The van der Waals surface area contributed by atoms with Crippen molar-refractivity contribution in [2.45, 2.75) is 25.7 Å². The molecule has 1 saturated heterocycles. The molecule has 0 aliphatic carbocycles. The first-order valence-electron chi connectivity index (χ1n) is 6.58. The second-order valence-corrected chi connectivity index (χ2v) is 5.91. The van der Waals surface area contributed by atoms with Crippen LogP contribution in [0.15, 0.2) is 30.3 Å². The zero-order chi connectivity index (χ0) is 12.4. The Morgan fingerprint density at radius 3 is 2.83 bits per heavy atom. The van der Waals surface area contributed by atoms with Crippen molar-refractivity contribution in [1.29, 1.82) is 0 Å². The fraction of sp³-hybridized carbons (Fsp3) is 0.400. The highest BCUT2D eigenvalue weighted by Crippen LogP contribution is 2.35. The number of nitrogens with zero attached hydrogens (tertiary/aromatic N) is 1. The Kier molecular flexibility index (Phi) is 3.43. The van der Waals surface area contributed by atoms with Crippen molar-refractivity contribution in [3.05, 3.63) is 40.9 Å². The molecule has 1 aliphatic heterocycles. The molecule has 1 atom stereocenters. The first-order chi connectivity index (χ1) is 8.84. The highest BCUT2D eigenvalue weighted by atomic mass is 32.1. The lowest BCUT2D eigenvalue weighted by Crippen LogP contribution is -2.28. The summed E-state index contributed by atoms with van der Waals surface area (Å²) in [6.45, 7) is 4.42. The fourth-order valence-corrected chi connectivity index (χ4v) is 3.77. The Balaban J connectivity index is 1.91. The van der Waals surface area contributed by atoms with Gasteiger partial charge < -0.3 is 5.32 Å². The van der Waals surface area contributed by atoms with Gasteiger partial charge in [-0.15, -0.1) is 11.3 Å². The molecule has 1 aromatic carbocycles. The van der Waals surface area contributed by atoms with E-state index in [4.69, 9.17) is 4.98 Å². The van der Waals surface area contributed by atoms with Gasteiger partial charge in [0, 0.05) is 22.9 Å². The maximum Gasteiger partial charge on any atom is 0.123 e. The number of hydrogen-bond donors (Lipinski definition) is 1. The predicted molar refractivity (Wildman–Crippen MR) is 77.1 cm³/mol. The van der Waals surface area contributed by atoms with E-state index >= 15 is 0 Å². The van der Waals surface area contributed by atoms with Crippen LogP contribution in [0.2, 0.25) is 0 Å². The monoisotopic (exact) mass is 258 g/mol. The molecule has 1 aromatic heterocycles. The van der Waals surface area contributed by atoms with Gasteiger partial charge in [0.25, 0.3) is 0 Å². The lowest BCUT2D eigenvalue weighted by molar-refractivity contribution is 0.464. The van der Waals surface area contributed by atoms with Gasteiger partial charge in [0.2, 0.25) is 0 Å². The summed E-state index contributed by atoms with van der Waals surface area (Å²) in [5.41, 5.74) is 2.45. The molecule has 1 N–H and O–H groups in total. The zero-order valence-electron chi connectivity index (χ0n) is 10.6. The van der Waals surface area contributed by atoms with Gasteiger partial charge >= 0.3 is 0 Å². The van der Waals surface area contributed by atoms with Gasteiger partial charge in [-0.05, 0) is 26.3 Å². The van der Waals surface area contributed by atoms with E-state index in [1.807, 2.05) is 11.3 Å². The van der Waals surface area contributed by atoms with Crippen molar-refractivity contribution >= 4 is 11.3 Å². The summed E-state index contributed by atoms with van der Waals surface area (Å²) >= 11 is 1.87. The summed E-state index contributed by atoms with van der Waals surface area (Å²) in [5.74, 6) is 0.661. The van der Waals surface area contributed by atoms with Gasteiger partial charge in [-0.25, -0.2) is 4.98 Å². The van der Waals surface area contributed by atoms with E-state index in [0.717, 1.165) is 11.6 Å². The summed E-state index contributed by atoms with van der Waals surface area (Å²) in [7, 11) is 0. The second-order valence-electron chi connectivity index (χ2n) is 4.88. The van der Waals surface area contributed by atoms with Crippen LogP contribution in [0.1, 0.15) is 29.3 Å². The molecule has 94 valence electrons.